The van der Waals surface area contributed by atoms with Crippen molar-refractivity contribution in [3.8, 4) is 6.07 Å². The lowest BCUT2D eigenvalue weighted by atomic mass is 10.1. The molecule has 0 radical (unpaired) electrons. The molecule has 1 aromatic heterocycles. The first kappa shape index (κ1) is 11.2. The number of aromatic nitrogens is 1. The van der Waals surface area contributed by atoms with Crippen LogP contribution in [-0.4, -0.2) is 11.2 Å². The van der Waals surface area contributed by atoms with Gasteiger partial charge in [-0.2, -0.15) is 18.4 Å². The molecular formula is C10H6ClF3N2. The van der Waals surface area contributed by atoms with E-state index in [1.807, 2.05) is 6.07 Å². The van der Waals surface area contributed by atoms with E-state index in [9.17, 15) is 13.2 Å². The highest BCUT2D eigenvalue weighted by molar-refractivity contribution is 6.29. The van der Waals surface area contributed by atoms with Crippen molar-refractivity contribution in [2.75, 3.05) is 0 Å². The normalized spacial score (nSPS) is 23.9. The predicted octanol–water partition coefficient (Wildman–Crippen LogP) is 3.27. The topological polar surface area (TPSA) is 36.7 Å². The van der Waals surface area contributed by atoms with E-state index in [1.54, 1.807) is 0 Å². The van der Waals surface area contributed by atoms with Gasteiger partial charge in [-0.3, -0.25) is 0 Å². The third-order valence-corrected chi connectivity index (χ3v) is 2.78. The lowest BCUT2D eigenvalue weighted by Crippen LogP contribution is -2.12. The molecule has 6 heteroatoms. The van der Waals surface area contributed by atoms with E-state index >= 15 is 0 Å². The number of hydrogen-bond acceptors (Lipinski definition) is 2. The largest absolute Gasteiger partial charge is 0.392 e. The third kappa shape index (κ3) is 1.98. The molecule has 0 unspecified atom stereocenters. The van der Waals surface area contributed by atoms with Crippen molar-refractivity contribution in [1.29, 1.82) is 5.26 Å². The van der Waals surface area contributed by atoms with Gasteiger partial charge >= 0.3 is 6.18 Å². The Morgan fingerprint density at radius 2 is 2.12 bits per heavy atom. The Balaban J connectivity index is 2.30. The first-order valence-electron chi connectivity index (χ1n) is 4.56. The Labute approximate surface area is 94.7 Å². The fourth-order valence-corrected chi connectivity index (χ4v) is 1.84. The monoisotopic (exact) mass is 246 g/mol. The van der Waals surface area contributed by atoms with Crippen molar-refractivity contribution in [3.63, 3.8) is 0 Å². The van der Waals surface area contributed by atoms with Crippen molar-refractivity contribution in [1.82, 2.24) is 4.98 Å². The Bertz CT molecular complexity index is 464. The Morgan fingerprint density at radius 1 is 1.44 bits per heavy atom. The molecule has 1 aliphatic carbocycles. The maximum Gasteiger partial charge on any atom is 0.392 e. The number of halogens is 4. The van der Waals surface area contributed by atoms with Crippen LogP contribution in [0.1, 0.15) is 23.6 Å². The van der Waals surface area contributed by atoms with E-state index in [2.05, 4.69) is 4.98 Å². The highest BCUT2D eigenvalue weighted by Gasteiger charge is 2.57. The molecule has 1 saturated carbocycles. The van der Waals surface area contributed by atoms with Gasteiger partial charge in [0, 0.05) is 5.92 Å². The second kappa shape index (κ2) is 3.63. The summed E-state index contributed by atoms with van der Waals surface area (Å²) in [6, 6.07) is 4.62. The van der Waals surface area contributed by atoms with Crippen molar-refractivity contribution in [3.05, 3.63) is 28.5 Å². The fraction of sp³-hybridized carbons (Fsp3) is 0.400. The molecule has 0 saturated heterocycles. The molecule has 0 N–H and O–H groups in total. The maximum absolute atomic E-state index is 12.4. The van der Waals surface area contributed by atoms with Gasteiger partial charge in [-0.25, -0.2) is 4.98 Å². The van der Waals surface area contributed by atoms with E-state index in [4.69, 9.17) is 16.9 Å². The minimum Gasteiger partial charge on any atom is -0.239 e. The number of nitriles is 1. The van der Waals surface area contributed by atoms with Crippen LogP contribution in [0.4, 0.5) is 13.2 Å². The Morgan fingerprint density at radius 3 is 2.62 bits per heavy atom. The smallest absolute Gasteiger partial charge is 0.239 e. The summed E-state index contributed by atoms with van der Waals surface area (Å²) in [6.07, 6.45) is -4.23. The molecular weight excluding hydrogens is 241 g/mol. The van der Waals surface area contributed by atoms with Gasteiger partial charge in [0.2, 0.25) is 0 Å². The predicted molar refractivity (Wildman–Crippen MR) is 50.9 cm³/mol. The van der Waals surface area contributed by atoms with E-state index in [1.165, 1.54) is 12.1 Å². The molecule has 1 aromatic rings. The summed E-state index contributed by atoms with van der Waals surface area (Å²) in [5.41, 5.74) is 0.332. The maximum atomic E-state index is 12.4. The van der Waals surface area contributed by atoms with Gasteiger partial charge in [0.15, 0.2) is 0 Å². The molecule has 1 heterocycles. The minimum atomic E-state index is -4.22. The number of nitrogens with zero attached hydrogens (tertiary/aromatic N) is 2. The van der Waals surface area contributed by atoms with E-state index in [0.29, 0.717) is 0 Å². The molecule has 0 aliphatic heterocycles. The van der Waals surface area contributed by atoms with Gasteiger partial charge in [0.25, 0.3) is 0 Å². The zero-order chi connectivity index (χ0) is 11.9. The molecule has 1 aliphatic rings. The van der Waals surface area contributed by atoms with Gasteiger partial charge in [-0.15, -0.1) is 0 Å². The zero-order valence-electron chi connectivity index (χ0n) is 7.92. The molecule has 2 atom stereocenters. The average molecular weight is 247 g/mol. The van der Waals surface area contributed by atoms with Crippen LogP contribution < -0.4 is 0 Å². The minimum absolute atomic E-state index is 0.00841. The fourth-order valence-electron chi connectivity index (χ4n) is 1.69. The van der Waals surface area contributed by atoms with E-state index in [0.717, 1.165) is 0 Å². The van der Waals surface area contributed by atoms with Gasteiger partial charge in [-0.05, 0) is 18.6 Å². The van der Waals surface area contributed by atoms with Crippen LogP contribution >= 0.6 is 11.6 Å². The molecule has 0 spiro atoms. The van der Waals surface area contributed by atoms with E-state index < -0.39 is 18.0 Å². The lowest BCUT2D eigenvalue weighted by molar-refractivity contribution is -0.148. The van der Waals surface area contributed by atoms with Crippen LogP contribution in [0.5, 0.6) is 0 Å². The molecule has 1 fully saturated rings. The number of rotatable bonds is 1. The molecule has 0 aromatic carbocycles. The van der Waals surface area contributed by atoms with Crippen molar-refractivity contribution in [2.45, 2.75) is 18.5 Å². The zero-order valence-corrected chi connectivity index (χ0v) is 8.68. The van der Waals surface area contributed by atoms with Crippen LogP contribution in [-0.2, 0) is 0 Å². The summed E-state index contributed by atoms with van der Waals surface area (Å²) < 4.78 is 37.1. The first-order valence-corrected chi connectivity index (χ1v) is 4.94. The second-order valence-electron chi connectivity index (χ2n) is 3.67. The summed E-state index contributed by atoms with van der Waals surface area (Å²) >= 11 is 5.61. The summed E-state index contributed by atoms with van der Waals surface area (Å²) in [5, 5.41) is 8.87. The molecule has 0 amide bonds. The Hall–Kier alpha value is -1.28. The quantitative estimate of drug-likeness (QED) is 0.713. The van der Waals surface area contributed by atoms with Gasteiger partial charge in [0.1, 0.15) is 11.2 Å². The summed E-state index contributed by atoms with van der Waals surface area (Å²) in [5.74, 6) is -2.10. The van der Waals surface area contributed by atoms with Crippen molar-refractivity contribution >= 4 is 11.6 Å². The summed E-state index contributed by atoms with van der Waals surface area (Å²) in [7, 11) is 0. The number of pyridine rings is 1. The summed E-state index contributed by atoms with van der Waals surface area (Å²) in [6.45, 7) is 0. The van der Waals surface area contributed by atoms with Crippen LogP contribution in [0.2, 0.25) is 5.15 Å². The number of alkyl halides is 3. The molecule has 2 nitrogen and oxygen atoms in total. The van der Waals surface area contributed by atoms with Crippen LogP contribution in [0.15, 0.2) is 12.1 Å². The van der Waals surface area contributed by atoms with Crippen molar-refractivity contribution in [2.24, 2.45) is 5.92 Å². The Kier molecular flexibility index (Phi) is 2.55. The van der Waals surface area contributed by atoms with Gasteiger partial charge in [0.05, 0.1) is 17.2 Å². The van der Waals surface area contributed by atoms with Crippen LogP contribution in [0.3, 0.4) is 0 Å². The highest BCUT2D eigenvalue weighted by Crippen LogP contribution is 2.56. The summed E-state index contributed by atoms with van der Waals surface area (Å²) in [4.78, 5) is 3.81. The number of hydrogen-bond donors (Lipinski definition) is 0. The first-order chi connectivity index (χ1) is 7.43. The highest BCUT2D eigenvalue weighted by atomic mass is 35.5. The van der Waals surface area contributed by atoms with Gasteiger partial charge < -0.3 is 0 Å². The lowest BCUT2D eigenvalue weighted by Gasteiger charge is -2.06. The second-order valence-corrected chi connectivity index (χ2v) is 4.06. The van der Waals surface area contributed by atoms with Crippen LogP contribution in [0, 0.1) is 17.2 Å². The van der Waals surface area contributed by atoms with Crippen LogP contribution in [0.25, 0.3) is 0 Å². The van der Waals surface area contributed by atoms with Crippen molar-refractivity contribution < 1.29 is 13.2 Å². The van der Waals surface area contributed by atoms with E-state index in [-0.39, 0.29) is 22.8 Å². The third-order valence-electron chi connectivity index (χ3n) is 2.57. The average Bonchev–Trinajstić information content (AvgIpc) is 2.96. The SMILES string of the molecule is N#Cc1ccc(Cl)nc1[C@@H]1C[C@H]1C(F)(F)F. The molecule has 0 bridgehead atoms. The molecule has 84 valence electrons. The standard InChI is InChI=1S/C10H6ClF3N2/c11-8-2-1-5(4-15)9(16-8)6-3-7(6)10(12,13)14/h1-2,6-7H,3H2/t6-,7-/m1/s1. The van der Waals surface area contributed by atoms with Gasteiger partial charge in [-0.1, -0.05) is 11.6 Å². The molecule has 16 heavy (non-hydrogen) atoms. The molecule has 2 rings (SSSR count).